The average molecular weight is 662 g/mol. The summed E-state index contributed by atoms with van der Waals surface area (Å²) in [4.78, 5) is 52.2. The molecule has 2 fully saturated rings. The zero-order chi connectivity index (χ0) is 32.9. The van der Waals surface area contributed by atoms with Crippen LogP contribution in [-0.2, 0) is 27.9 Å². The van der Waals surface area contributed by atoms with Crippen molar-refractivity contribution in [2.45, 2.75) is 52.2 Å². The molecule has 0 spiro atoms. The van der Waals surface area contributed by atoms with Crippen LogP contribution >= 0.6 is 7.60 Å². The van der Waals surface area contributed by atoms with E-state index in [4.69, 9.17) is 23.3 Å². The fourth-order valence-corrected chi connectivity index (χ4v) is 6.76. The second-order valence-corrected chi connectivity index (χ2v) is 12.9. The first-order valence-electron chi connectivity index (χ1n) is 15.8. The van der Waals surface area contributed by atoms with E-state index in [0.717, 1.165) is 12.8 Å². The molecule has 2 aliphatic rings. The molecule has 3 amide bonds. The molecule has 1 N–H and O–H groups in total. The summed E-state index contributed by atoms with van der Waals surface area (Å²) in [5, 5.41) is 2.73. The number of hydrogen-bond donors (Lipinski definition) is 1. The quantitative estimate of drug-likeness (QED) is 0.219. The Hall–Kier alpha value is -3.58. The molecule has 2 saturated heterocycles. The molecule has 1 aromatic carbocycles. The van der Waals surface area contributed by atoms with Crippen molar-refractivity contribution < 1.29 is 42.2 Å². The third-order valence-electron chi connectivity index (χ3n) is 7.38. The Bertz CT molecular complexity index is 1340. The van der Waals surface area contributed by atoms with Crippen molar-refractivity contribution in [3.63, 3.8) is 0 Å². The van der Waals surface area contributed by atoms with Gasteiger partial charge in [0.1, 0.15) is 17.8 Å². The summed E-state index contributed by atoms with van der Waals surface area (Å²) in [7, 11) is -3.78. The van der Waals surface area contributed by atoms with Crippen LogP contribution in [0, 0.1) is 0 Å². The largest absolute Gasteiger partial charge is 0.472 e. The predicted octanol–water partition coefficient (Wildman–Crippen LogP) is 3.76. The second kappa shape index (κ2) is 17.4. The number of aromatic nitrogens is 2. The SMILES string of the molecule is CCCCOC(=O)N1CCN(C(=O)C(CP(=O)(OCC)OCC)NC(=O)c2cc(OC3CCOC3)nc(-c3ccccc3)n2)CC1. The van der Waals surface area contributed by atoms with Crippen LogP contribution in [0.15, 0.2) is 36.4 Å². The third kappa shape index (κ3) is 9.96. The standard InChI is InChI=1S/C31H44N5O9P/c1-4-7-18-42-31(39)36-16-14-35(15-17-36)30(38)26(22-46(40,43-5-2)44-6-3)33-29(37)25-20-27(45-24-13-19-41-21-24)34-28(32-25)23-11-9-8-10-12-23/h8-12,20,24,26H,4-7,13-19,21-22H2,1-3H3,(H,33,37). The van der Waals surface area contributed by atoms with Crippen LogP contribution in [0.25, 0.3) is 11.4 Å². The van der Waals surface area contributed by atoms with Gasteiger partial charge in [0.2, 0.25) is 11.8 Å². The number of benzene rings is 1. The molecule has 4 rings (SSSR count). The van der Waals surface area contributed by atoms with Gasteiger partial charge in [-0.15, -0.1) is 0 Å². The maximum atomic E-state index is 13.9. The number of ether oxygens (including phenoxy) is 3. The topological polar surface area (TPSA) is 159 Å². The maximum absolute atomic E-state index is 13.9. The summed E-state index contributed by atoms with van der Waals surface area (Å²) in [6, 6.07) is 9.27. The summed E-state index contributed by atoms with van der Waals surface area (Å²) in [5.74, 6) is -0.720. The molecule has 0 bridgehead atoms. The minimum atomic E-state index is -3.78. The molecular weight excluding hydrogens is 617 g/mol. The number of carbonyl (C=O) groups excluding carboxylic acids is 3. The number of nitrogens with one attached hydrogen (secondary N) is 1. The molecule has 2 unspecified atom stereocenters. The molecule has 0 radical (unpaired) electrons. The van der Waals surface area contributed by atoms with E-state index >= 15 is 0 Å². The monoisotopic (exact) mass is 661 g/mol. The predicted molar refractivity (Wildman–Crippen MR) is 169 cm³/mol. The van der Waals surface area contributed by atoms with Crippen LogP contribution in [0.1, 0.15) is 50.5 Å². The summed E-state index contributed by atoms with van der Waals surface area (Å²) < 4.78 is 41.3. The van der Waals surface area contributed by atoms with Gasteiger partial charge in [-0.2, -0.15) is 4.98 Å². The van der Waals surface area contributed by atoms with Gasteiger partial charge in [-0.1, -0.05) is 43.7 Å². The Kier molecular flexibility index (Phi) is 13.3. The van der Waals surface area contributed by atoms with E-state index in [0.29, 0.717) is 31.8 Å². The first-order valence-corrected chi connectivity index (χ1v) is 17.6. The number of nitrogens with zero attached hydrogens (tertiary/aromatic N) is 4. The second-order valence-electron chi connectivity index (χ2n) is 10.8. The van der Waals surface area contributed by atoms with Crippen molar-refractivity contribution >= 4 is 25.5 Å². The highest BCUT2D eigenvalue weighted by atomic mass is 31.2. The highest BCUT2D eigenvalue weighted by molar-refractivity contribution is 7.54. The summed E-state index contributed by atoms with van der Waals surface area (Å²) in [6.07, 6.45) is 1.31. The number of unbranched alkanes of at least 4 members (excludes halogenated alkanes) is 1. The number of hydrogen-bond acceptors (Lipinski definition) is 11. The number of rotatable bonds is 15. The van der Waals surface area contributed by atoms with Gasteiger partial charge in [-0.05, 0) is 20.3 Å². The van der Waals surface area contributed by atoms with Gasteiger partial charge in [0.25, 0.3) is 5.91 Å². The zero-order valence-electron chi connectivity index (χ0n) is 26.7. The lowest BCUT2D eigenvalue weighted by Gasteiger charge is -2.36. The summed E-state index contributed by atoms with van der Waals surface area (Å²) in [5.41, 5.74) is 0.628. The minimum Gasteiger partial charge on any atom is -0.472 e. The van der Waals surface area contributed by atoms with Gasteiger partial charge in [0.15, 0.2) is 5.82 Å². The van der Waals surface area contributed by atoms with Gasteiger partial charge in [0.05, 0.1) is 39.2 Å². The lowest BCUT2D eigenvalue weighted by Crippen LogP contribution is -2.57. The van der Waals surface area contributed by atoms with Gasteiger partial charge in [-0.25, -0.2) is 9.78 Å². The number of piperazine rings is 1. The van der Waals surface area contributed by atoms with E-state index in [1.165, 1.54) is 11.0 Å². The van der Waals surface area contributed by atoms with Crippen LogP contribution < -0.4 is 10.1 Å². The van der Waals surface area contributed by atoms with Crippen molar-refractivity contribution in [2.75, 3.05) is 65.4 Å². The molecule has 0 saturated carbocycles. The minimum absolute atomic E-state index is 0.0390. The van der Waals surface area contributed by atoms with Crippen LogP contribution in [0.4, 0.5) is 4.79 Å². The van der Waals surface area contributed by atoms with Crippen molar-refractivity contribution in [2.24, 2.45) is 0 Å². The van der Waals surface area contributed by atoms with Gasteiger partial charge < -0.3 is 38.4 Å². The lowest BCUT2D eigenvalue weighted by molar-refractivity contribution is -0.134. The van der Waals surface area contributed by atoms with E-state index in [9.17, 15) is 18.9 Å². The third-order valence-corrected chi connectivity index (χ3v) is 9.49. The van der Waals surface area contributed by atoms with E-state index in [1.807, 2.05) is 37.3 Å². The fourth-order valence-electron chi connectivity index (χ4n) is 5.00. The lowest BCUT2D eigenvalue weighted by atomic mass is 10.2. The van der Waals surface area contributed by atoms with Crippen LogP contribution in [0.5, 0.6) is 5.88 Å². The van der Waals surface area contributed by atoms with Crippen molar-refractivity contribution in [3.8, 4) is 17.3 Å². The smallest absolute Gasteiger partial charge is 0.409 e. The molecule has 0 aliphatic carbocycles. The molecule has 252 valence electrons. The molecule has 2 aliphatic heterocycles. The molecular formula is C31H44N5O9P. The number of amides is 3. The summed E-state index contributed by atoms with van der Waals surface area (Å²) >= 11 is 0. The Balaban J connectivity index is 1.56. The summed E-state index contributed by atoms with van der Waals surface area (Å²) in [6.45, 7) is 7.73. The highest BCUT2D eigenvalue weighted by Gasteiger charge is 2.37. The van der Waals surface area contributed by atoms with E-state index in [1.54, 1.807) is 18.7 Å². The van der Waals surface area contributed by atoms with E-state index in [2.05, 4.69) is 15.3 Å². The molecule has 1 aromatic heterocycles. The normalized spacial score (nSPS) is 17.4. The van der Waals surface area contributed by atoms with E-state index in [-0.39, 0.29) is 62.9 Å². The Morgan fingerprint density at radius 2 is 1.72 bits per heavy atom. The number of carbonyl (C=O) groups is 3. The molecule has 2 aromatic rings. The first-order chi connectivity index (χ1) is 22.2. The van der Waals surface area contributed by atoms with Crippen LogP contribution in [0.3, 0.4) is 0 Å². The molecule has 2 atom stereocenters. The van der Waals surface area contributed by atoms with Gasteiger partial charge in [-0.3, -0.25) is 14.2 Å². The van der Waals surface area contributed by atoms with Gasteiger partial charge in [0, 0.05) is 44.2 Å². The van der Waals surface area contributed by atoms with Gasteiger partial charge >= 0.3 is 13.7 Å². The average Bonchev–Trinajstić information content (AvgIpc) is 3.57. The first kappa shape index (κ1) is 35.3. The Morgan fingerprint density at radius 1 is 1.02 bits per heavy atom. The van der Waals surface area contributed by atoms with Crippen LogP contribution in [0.2, 0.25) is 0 Å². The Labute approximate surface area is 269 Å². The maximum Gasteiger partial charge on any atom is 0.409 e. The molecule has 14 nitrogen and oxygen atoms in total. The van der Waals surface area contributed by atoms with Crippen LogP contribution in [-0.4, -0.2) is 115 Å². The van der Waals surface area contributed by atoms with Crippen molar-refractivity contribution in [1.82, 2.24) is 25.1 Å². The van der Waals surface area contributed by atoms with Crippen molar-refractivity contribution in [1.29, 1.82) is 0 Å². The molecule has 46 heavy (non-hydrogen) atoms. The van der Waals surface area contributed by atoms with Crippen molar-refractivity contribution in [3.05, 3.63) is 42.1 Å². The molecule has 15 heteroatoms. The highest BCUT2D eigenvalue weighted by Crippen LogP contribution is 2.48. The Morgan fingerprint density at radius 3 is 2.35 bits per heavy atom. The zero-order valence-corrected chi connectivity index (χ0v) is 27.6. The fraction of sp³-hybridized carbons (Fsp3) is 0.581. The molecule has 3 heterocycles. The van der Waals surface area contributed by atoms with E-state index < -0.39 is 37.7 Å².